The number of halogens is 1. The van der Waals surface area contributed by atoms with Crippen molar-refractivity contribution in [3.05, 3.63) is 29.3 Å². The number of amides is 1. The minimum atomic E-state index is -1.25. The minimum Gasteiger partial charge on any atom is -0.480 e. The Morgan fingerprint density at radius 1 is 1.05 bits per heavy atom. The van der Waals surface area contributed by atoms with E-state index in [4.69, 9.17) is 21.8 Å². The maximum atomic E-state index is 11.8. The van der Waals surface area contributed by atoms with E-state index in [-0.39, 0.29) is 5.75 Å². The van der Waals surface area contributed by atoms with Crippen molar-refractivity contribution in [1.29, 1.82) is 0 Å². The van der Waals surface area contributed by atoms with Crippen LogP contribution in [0.15, 0.2) is 29.2 Å². The Hall–Kier alpha value is -1.73. The number of carbonyl (C=O) groups excluding carboxylic acids is 1. The molecule has 0 aliphatic heterocycles. The van der Waals surface area contributed by atoms with Gasteiger partial charge in [0.25, 0.3) is 0 Å². The van der Waals surface area contributed by atoms with Crippen molar-refractivity contribution in [3.8, 4) is 0 Å². The maximum Gasteiger partial charge on any atom is 0.323 e. The summed E-state index contributed by atoms with van der Waals surface area (Å²) in [4.78, 5) is 34.6. The molecule has 0 atom stereocenters. The van der Waals surface area contributed by atoms with Crippen LogP contribution in [-0.2, 0) is 14.4 Å². The van der Waals surface area contributed by atoms with Gasteiger partial charge in [-0.1, -0.05) is 11.6 Å². The van der Waals surface area contributed by atoms with E-state index in [1.54, 1.807) is 24.3 Å². The highest BCUT2D eigenvalue weighted by atomic mass is 35.5. The van der Waals surface area contributed by atoms with Gasteiger partial charge < -0.3 is 15.1 Å². The first kappa shape index (κ1) is 16.3. The molecule has 0 spiro atoms. The Kier molecular flexibility index (Phi) is 6.33. The Morgan fingerprint density at radius 3 is 2.00 bits per heavy atom. The molecule has 0 saturated carbocycles. The van der Waals surface area contributed by atoms with E-state index in [0.29, 0.717) is 5.02 Å². The van der Waals surface area contributed by atoms with Crippen LogP contribution in [0.5, 0.6) is 0 Å². The highest BCUT2D eigenvalue weighted by Crippen LogP contribution is 2.20. The molecule has 0 aliphatic rings. The summed E-state index contributed by atoms with van der Waals surface area (Å²) in [5.74, 6) is -3.09. The zero-order valence-electron chi connectivity index (χ0n) is 10.3. The van der Waals surface area contributed by atoms with E-state index in [1.165, 1.54) is 11.8 Å². The van der Waals surface area contributed by atoms with Crippen molar-refractivity contribution < 1.29 is 24.6 Å². The molecule has 0 unspecified atom stereocenters. The number of carboxylic acids is 2. The van der Waals surface area contributed by atoms with Gasteiger partial charge in [0.05, 0.1) is 5.75 Å². The SMILES string of the molecule is O=C(O)CN(CC(=O)O)C(=O)CSc1ccc(Cl)cc1. The highest BCUT2D eigenvalue weighted by Gasteiger charge is 2.19. The van der Waals surface area contributed by atoms with Crippen LogP contribution in [0, 0.1) is 0 Å². The van der Waals surface area contributed by atoms with E-state index in [2.05, 4.69) is 0 Å². The largest absolute Gasteiger partial charge is 0.480 e. The summed E-state index contributed by atoms with van der Waals surface area (Å²) in [5.41, 5.74) is 0. The van der Waals surface area contributed by atoms with Crippen LogP contribution in [-0.4, -0.2) is 51.8 Å². The average molecular weight is 318 g/mol. The van der Waals surface area contributed by atoms with Crippen LogP contribution in [0.3, 0.4) is 0 Å². The van der Waals surface area contributed by atoms with Crippen molar-refractivity contribution in [2.45, 2.75) is 4.90 Å². The number of hydrogen-bond donors (Lipinski definition) is 2. The number of carbonyl (C=O) groups is 3. The normalized spacial score (nSPS) is 10.1. The molecule has 108 valence electrons. The summed E-state index contributed by atoms with van der Waals surface area (Å²) in [6.45, 7) is -1.27. The molecule has 0 aliphatic carbocycles. The van der Waals surface area contributed by atoms with Crippen LogP contribution in [0.4, 0.5) is 0 Å². The number of nitrogens with zero attached hydrogens (tertiary/aromatic N) is 1. The van der Waals surface area contributed by atoms with Gasteiger partial charge in [-0.3, -0.25) is 14.4 Å². The third-order valence-electron chi connectivity index (χ3n) is 2.18. The summed E-state index contributed by atoms with van der Waals surface area (Å²) in [7, 11) is 0. The van der Waals surface area contributed by atoms with Gasteiger partial charge in [0.1, 0.15) is 13.1 Å². The molecule has 20 heavy (non-hydrogen) atoms. The van der Waals surface area contributed by atoms with Gasteiger partial charge in [-0.15, -0.1) is 11.8 Å². The Labute approximate surface area is 124 Å². The molecule has 6 nitrogen and oxygen atoms in total. The molecule has 2 N–H and O–H groups in total. The lowest BCUT2D eigenvalue weighted by atomic mass is 10.4. The molecule has 1 amide bonds. The second-order valence-electron chi connectivity index (χ2n) is 3.78. The molecule has 0 heterocycles. The van der Waals surface area contributed by atoms with Gasteiger partial charge >= 0.3 is 11.9 Å². The number of thioether (sulfide) groups is 1. The number of benzene rings is 1. The lowest BCUT2D eigenvalue weighted by Gasteiger charge is -2.18. The second kappa shape index (κ2) is 7.76. The van der Waals surface area contributed by atoms with E-state index in [0.717, 1.165) is 9.80 Å². The van der Waals surface area contributed by atoms with Crippen LogP contribution < -0.4 is 0 Å². The Balaban J connectivity index is 2.58. The summed E-state index contributed by atoms with van der Waals surface area (Å²) in [5, 5.41) is 17.9. The van der Waals surface area contributed by atoms with Crippen molar-refractivity contribution >= 4 is 41.2 Å². The summed E-state index contributed by atoms with van der Waals surface area (Å²) >= 11 is 6.91. The molecular formula is C12H12ClNO5S. The topological polar surface area (TPSA) is 94.9 Å². The average Bonchev–Trinajstić information content (AvgIpc) is 2.36. The van der Waals surface area contributed by atoms with Crippen molar-refractivity contribution in [3.63, 3.8) is 0 Å². The summed E-state index contributed by atoms with van der Waals surface area (Å²) in [6, 6.07) is 6.78. The minimum absolute atomic E-state index is 0.0395. The zero-order valence-corrected chi connectivity index (χ0v) is 11.9. The van der Waals surface area contributed by atoms with Crippen molar-refractivity contribution in [2.75, 3.05) is 18.8 Å². The van der Waals surface area contributed by atoms with E-state index in [9.17, 15) is 14.4 Å². The van der Waals surface area contributed by atoms with Crippen LogP contribution in [0.1, 0.15) is 0 Å². The predicted octanol–water partition coefficient (Wildman–Crippen LogP) is 1.43. The van der Waals surface area contributed by atoms with E-state index < -0.39 is 30.9 Å². The third-order valence-corrected chi connectivity index (χ3v) is 3.43. The maximum absolute atomic E-state index is 11.8. The molecule has 0 saturated heterocycles. The van der Waals surface area contributed by atoms with Gasteiger partial charge in [0.2, 0.25) is 5.91 Å². The van der Waals surface area contributed by atoms with E-state index >= 15 is 0 Å². The lowest BCUT2D eigenvalue weighted by molar-refractivity contribution is -0.148. The van der Waals surface area contributed by atoms with Crippen LogP contribution in [0.25, 0.3) is 0 Å². The molecule has 1 aromatic rings. The van der Waals surface area contributed by atoms with Crippen LogP contribution >= 0.6 is 23.4 Å². The fourth-order valence-electron chi connectivity index (χ4n) is 1.33. The molecule has 0 radical (unpaired) electrons. The Bertz CT molecular complexity index is 489. The zero-order chi connectivity index (χ0) is 15.1. The predicted molar refractivity (Wildman–Crippen MR) is 74.0 cm³/mol. The molecule has 0 bridgehead atoms. The molecule has 0 fully saturated rings. The van der Waals surface area contributed by atoms with Gasteiger partial charge in [-0.2, -0.15) is 0 Å². The second-order valence-corrected chi connectivity index (χ2v) is 5.27. The first-order valence-corrected chi connectivity index (χ1v) is 6.84. The fraction of sp³-hybridized carbons (Fsp3) is 0.250. The standard InChI is InChI=1S/C12H12ClNO5S/c13-8-1-3-9(4-2-8)20-7-10(15)14(5-11(16)17)6-12(18)19/h1-4H,5-7H2,(H,16,17)(H,18,19). The quantitative estimate of drug-likeness (QED) is 0.739. The monoisotopic (exact) mass is 317 g/mol. The molecule has 1 aromatic carbocycles. The summed E-state index contributed by atoms with van der Waals surface area (Å²) < 4.78 is 0. The number of rotatable bonds is 7. The lowest BCUT2D eigenvalue weighted by Crippen LogP contribution is -2.40. The summed E-state index contributed by atoms with van der Waals surface area (Å²) in [6.07, 6.45) is 0. The molecular weight excluding hydrogens is 306 g/mol. The third kappa shape index (κ3) is 5.94. The Morgan fingerprint density at radius 2 is 1.55 bits per heavy atom. The first-order valence-electron chi connectivity index (χ1n) is 5.48. The highest BCUT2D eigenvalue weighted by molar-refractivity contribution is 8.00. The van der Waals surface area contributed by atoms with Crippen molar-refractivity contribution in [2.24, 2.45) is 0 Å². The van der Waals surface area contributed by atoms with Gasteiger partial charge in [0, 0.05) is 9.92 Å². The number of hydrogen-bond acceptors (Lipinski definition) is 4. The van der Waals surface area contributed by atoms with Gasteiger partial charge in [-0.25, -0.2) is 0 Å². The smallest absolute Gasteiger partial charge is 0.323 e. The fourth-order valence-corrected chi connectivity index (χ4v) is 2.25. The molecule has 0 aromatic heterocycles. The van der Waals surface area contributed by atoms with E-state index in [1.807, 2.05) is 0 Å². The first-order chi connectivity index (χ1) is 9.38. The molecule has 1 rings (SSSR count). The number of carboxylic acid groups (broad SMARTS) is 2. The van der Waals surface area contributed by atoms with Crippen LogP contribution in [0.2, 0.25) is 5.02 Å². The van der Waals surface area contributed by atoms with Gasteiger partial charge in [0.15, 0.2) is 0 Å². The van der Waals surface area contributed by atoms with Crippen molar-refractivity contribution in [1.82, 2.24) is 4.90 Å². The van der Waals surface area contributed by atoms with Gasteiger partial charge in [-0.05, 0) is 24.3 Å². The number of aliphatic carboxylic acids is 2. The molecule has 8 heteroatoms.